The predicted octanol–water partition coefficient (Wildman–Crippen LogP) is 1.36. The van der Waals surface area contributed by atoms with Crippen LogP contribution in [-0.4, -0.2) is 17.0 Å². The van der Waals surface area contributed by atoms with Gasteiger partial charge in [-0.05, 0) is 12.1 Å². The van der Waals surface area contributed by atoms with Gasteiger partial charge in [0.05, 0.1) is 10.7 Å². The van der Waals surface area contributed by atoms with E-state index >= 15 is 0 Å². The van der Waals surface area contributed by atoms with Crippen molar-refractivity contribution >= 4 is 29.2 Å². The summed E-state index contributed by atoms with van der Waals surface area (Å²) in [5, 5.41) is 10.7. The Balaban J connectivity index is 2.81. The highest BCUT2D eigenvalue weighted by atomic mass is 35.5. The molecule has 0 aliphatic heterocycles. The standard InChI is InChI=1S/C8H6ClNO3/c9-5-3-1-2-4-6(5)10-7(11)8(12)13/h1-4H,(H,10,11)(H,12,13). The van der Waals surface area contributed by atoms with Crippen molar-refractivity contribution in [2.75, 3.05) is 5.32 Å². The van der Waals surface area contributed by atoms with Crippen molar-refractivity contribution in [2.24, 2.45) is 0 Å². The van der Waals surface area contributed by atoms with Crippen molar-refractivity contribution in [2.45, 2.75) is 0 Å². The van der Waals surface area contributed by atoms with Crippen molar-refractivity contribution in [1.29, 1.82) is 0 Å². The van der Waals surface area contributed by atoms with Crippen LogP contribution in [0.5, 0.6) is 0 Å². The molecule has 0 aliphatic rings. The first kappa shape index (κ1) is 9.54. The molecule has 13 heavy (non-hydrogen) atoms. The second-order valence-corrected chi connectivity index (χ2v) is 2.65. The van der Waals surface area contributed by atoms with Gasteiger partial charge in [-0.1, -0.05) is 23.7 Å². The minimum atomic E-state index is -1.54. The SMILES string of the molecule is O=C(O)C(=O)Nc1ccccc1Cl. The molecule has 0 heterocycles. The molecular formula is C8H6ClNO3. The fourth-order valence-corrected chi connectivity index (χ4v) is 0.921. The van der Waals surface area contributed by atoms with Crippen LogP contribution < -0.4 is 5.32 Å². The largest absolute Gasteiger partial charge is 0.474 e. The summed E-state index contributed by atoms with van der Waals surface area (Å²) in [6.45, 7) is 0. The Morgan fingerprint density at radius 2 is 1.92 bits per heavy atom. The summed E-state index contributed by atoms with van der Waals surface area (Å²) in [7, 11) is 0. The first-order chi connectivity index (χ1) is 6.11. The highest BCUT2D eigenvalue weighted by Gasteiger charge is 2.11. The summed E-state index contributed by atoms with van der Waals surface area (Å²) in [5.41, 5.74) is 0.288. The van der Waals surface area contributed by atoms with Gasteiger partial charge in [-0.15, -0.1) is 0 Å². The van der Waals surface area contributed by atoms with Crippen molar-refractivity contribution in [3.8, 4) is 0 Å². The van der Waals surface area contributed by atoms with Gasteiger partial charge in [0, 0.05) is 0 Å². The summed E-state index contributed by atoms with van der Waals surface area (Å²) in [6, 6.07) is 6.39. The van der Waals surface area contributed by atoms with E-state index in [2.05, 4.69) is 5.32 Å². The molecule has 2 N–H and O–H groups in total. The molecule has 4 nitrogen and oxygen atoms in total. The average molecular weight is 200 g/mol. The summed E-state index contributed by atoms with van der Waals surface area (Å²) < 4.78 is 0. The van der Waals surface area contributed by atoms with E-state index in [1.807, 2.05) is 0 Å². The van der Waals surface area contributed by atoms with Gasteiger partial charge < -0.3 is 10.4 Å². The van der Waals surface area contributed by atoms with Crippen molar-refractivity contribution in [1.82, 2.24) is 0 Å². The quantitative estimate of drug-likeness (QED) is 0.672. The van der Waals surface area contributed by atoms with E-state index in [1.165, 1.54) is 6.07 Å². The number of carbonyl (C=O) groups excluding carboxylic acids is 1. The van der Waals surface area contributed by atoms with Crippen LogP contribution in [0, 0.1) is 0 Å². The second kappa shape index (κ2) is 3.91. The van der Waals surface area contributed by atoms with E-state index in [-0.39, 0.29) is 5.69 Å². The normalized spacial score (nSPS) is 9.31. The molecule has 0 aromatic heterocycles. The Kier molecular flexibility index (Phi) is 2.87. The number of carboxylic acids is 1. The Morgan fingerprint density at radius 3 is 2.46 bits per heavy atom. The lowest BCUT2D eigenvalue weighted by molar-refractivity contribution is -0.147. The molecule has 1 aromatic carbocycles. The lowest BCUT2D eigenvalue weighted by Gasteiger charge is -2.02. The zero-order valence-corrected chi connectivity index (χ0v) is 7.21. The van der Waals surface area contributed by atoms with Crippen molar-refractivity contribution in [3.63, 3.8) is 0 Å². The van der Waals surface area contributed by atoms with E-state index < -0.39 is 11.9 Å². The number of benzene rings is 1. The molecular weight excluding hydrogens is 194 g/mol. The number of carboxylic acid groups (broad SMARTS) is 1. The van der Waals surface area contributed by atoms with E-state index in [9.17, 15) is 9.59 Å². The predicted molar refractivity (Wildman–Crippen MR) is 47.7 cm³/mol. The number of nitrogens with one attached hydrogen (secondary N) is 1. The molecule has 0 fully saturated rings. The monoisotopic (exact) mass is 199 g/mol. The molecule has 0 aliphatic carbocycles. The maximum atomic E-state index is 10.7. The zero-order chi connectivity index (χ0) is 9.84. The van der Waals surface area contributed by atoms with Crippen LogP contribution in [0.15, 0.2) is 24.3 Å². The van der Waals surface area contributed by atoms with E-state index in [0.29, 0.717) is 5.02 Å². The molecule has 0 saturated heterocycles. The minimum absolute atomic E-state index is 0.288. The smallest absolute Gasteiger partial charge is 0.394 e. The number of anilines is 1. The summed E-state index contributed by atoms with van der Waals surface area (Å²) in [6.07, 6.45) is 0. The fraction of sp³-hybridized carbons (Fsp3) is 0. The highest BCUT2D eigenvalue weighted by Crippen LogP contribution is 2.19. The zero-order valence-electron chi connectivity index (χ0n) is 6.45. The molecule has 5 heteroatoms. The molecule has 1 rings (SSSR count). The third-order valence-corrected chi connectivity index (χ3v) is 1.65. The third-order valence-electron chi connectivity index (χ3n) is 1.32. The van der Waals surface area contributed by atoms with Crippen LogP contribution in [0.3, 0.4) is 0 Å². The third kappa shape index (κ3) is 2.45. The van der Waals surface area contributed by atoms with E-state index in [4.69, 9.17) is 16.7 Å². The van der Waals surface area contributed by atoms with Crippen LogP contribution in [0.4, 0.5) is 5.69 Å². The van der Waals surface area contributed by atoms with Gasteiger partial charge in [0.25, 0.3) is 0 Å². The van der Waals surface area contributed by atoms with Gasteiger partial charge in [0.2, 0.25) is 0 Å². The number of amides is 1. The molecule has 68 valence electrons. The molecule has 1 aromatic rings. The van der Waals surface area contributed by atoms with Crippen molar-refractivity contribution in [3.05, 3.63) is 29.3 Å². The first-order valence-corrected chi connectivity index (χ1v) is 3.78. The molecule has 0 bridgehead atoms. The van der Waals surface area contributed by atoms with Crippen LogP contribution in [0.1, 0.15) is 0 Å². The molecule has 0 unspecified atom stereocenters. The fourth-order valence-electron chi connectivity index (χ4n) is 0.738. The molecule has 1 amide bonds. The molecule has 0 spiro atoms. The minimum Gasteiger partial charge on any atom is -0.474 e. The number of hydrogen-bond acceptors (Lipinski definition) is 2. The average Bonchev–Trinajstić information content (AvgIpc) is 2.08. The van der Waals surface area contributed by atoms with Gasteiger partial charge in [0.1, 0.15) is 0 Å². The van der Waals surface area contributed by atoms with E-state index in [0.717, 1.165) is 0 Å². The lowest BCUT2D eigenvalue weighted by atomic mass is 10.3. The number of rotatable bonds is 1. The van der Waals surface area contributed by atoms with Crippen LogP contribution in [0.25, 0.3) is 0 Å². The van der Waals surface area contributed by atoms with Gasteiger partial charge >= 0.3 is 11.9 Å². The maximum Gasteiger partial charge on any atom is 0.394 e. The van der Waals surface area contributed by atoms with Crippen molar-refractivity contribution < 1.29 is 14.7 Å². The van der Waals surface area contributed by atoms with Crippen LogP contribution >= 0.6 is 11.6 Å². The molecule has 0 atom stereocenters. The lowest BCUT2D eigenvalue weighted by Crippen LogP contribution is -2.21. The number of halogens is 1. The highest BCUT2D eigenvalue weighted by molar-refractivity contribution is 6.39. The Bertz CT molecular complexity index is 351. The van der Waals surface area contributed by atoms with Gasteiger partial charge in [-0.25, -0.2) is 4.79 Å². The molecule has 0 saturated carbocycles. The van der Waals surface area contributed by atoms with Crippen LogP contribution in [0.2, 0.25) is 5.02 Å². The number of carbonyl (C=O) groups is 2. The van der Waals surface area contributed by atoms with Crippen LogP contribution in [-0.2, 0) is 9.59 Å². The first-order valence-electron chi connectivity index (χ1n) is 3.40. The van der Waals surface area contributed by atoms with Gasteiger partial charge in [-0.2, -0.15) is 0 Å². The Morgan fingerprint density at radius 1 is 1.31 bits per heavy atom. The van der Waals surface area contributed by atoms with E-state index in [1.54, 1.807) is 18.2 Å². The summed E-state index contributed by atoms with van der Waals surface area (Å²) in [5.74, 6) is -2.65. The second-order valence-electron chi connectivity index (χ2n) is 2.24. The summed E-state index contributed by atoms with van der Waals surface area (Å²) >= 11 is 5.67. The Hall–Kier alpha value is -1.55. The number of hydrogen-bond donors (Lipinski definition) is 2. The topological polar surface area (TPSA) is 66.4 Å². The number of aliphatic carboxylic acids is 1. The Labute approximate surface area is 79.1 Å². The molecule has 0 radical (unpaired) electrons. The number of para-hydroxylation sites is 1. The van der Waals surface area contributed by atoms with Gasteiger partial charge in [-0.3, -0.25) is 4.79 Å². The summed E-state index contributed by atoms with van der Waals surface area (Å²) in [4.78, 5) is 20.9. The van der Waals surface area contributed by atoms with Gasteiger partial charge in [0.15, 0.2) is 0 Å². The maximum absolute atomic E-state index is 10.7.